The summed E-state index contributed by atoms with van der Waals surface area (Å²) < 4.78 is 0. The topological polar surface area (TPSA) is 52.9 Å². The van der Waals surface area contributed by atoms with Crippen molar-refractivity contribution in [3.63, 3.8) is 0 Å². The molecule has 0 aromatic heterocycles. The van der Waals surface area contributed by atoms with Gasteiger partial charge in [0.05, 0.1) is 0 Å². The van der Waals surface area contributed by atoms with Crippen molar-refractivity contribution >= 4 is 24.7 Å². The summed E-state index contributed by atoms with van der Waals surface area (Å²) in [5, 5.41) is 8.34. The van der Waals surface area contributed by atoms with Crippen molar-refractivity contribution in [3.8, 4) is 0 Å². The molecule has 0 unspecified atom stereocenters. The summed E-state index contributed by atoms with van der Waals surface area (Å²) in [4.78, 5) is 15.0. The lowest BCUT2D eigenvalue weighted by Crippen LogP contribution is -2.25. The Balaban J connectivity index is 0.000000810. The Kier molecular flexibility index (Phi) is 3.49. The maximum absolute atomic E-state index is 10.2. The molecule has 0 saturated heterocycles. The molecule has 0 radical (unpaired) electrons. The van der Waals surface area contributed by atoms with E-state index in [-0.39, 0.29) is 19.1 Å². The summed E-state index contributed by atoms with van der Waals surface area (Å²) in [7, 11) is 0. The number of halogens is 1. The molecule has 4 nitrogen and oxygen atoms in total. The number of rotatable bonds is 0. The van der Waals surface area contributed by atoms with Gasteiger partial charge in [-0.2, -0.15) is 0 Å². The van der Waals surface area contributed by atoms with Gasteiger partial charge in [-0.15, -0.1) is 12.4 Å². The van der Waals surface area contributed by atoms with Crippen LogP contribution in [0.3, 0.4) is 0 Å². The molecule has 1 N–H and O–H groups in total. The van der Waals surface area contributed by atoms with Gasteiger partial charge in [0, 0.05) is 12.4 Å². The van der Waals surface area contributed by atoms with E-state index in [0.717, 1.165) is 4.90 Å². The van der Waals surface area contributed by atoms with Crippen molar-refractivity contribution in [3.05, 3.63) is 12.3 Å². The zero-order valence-corrected chi connectivity index (χ0v) is 5.91. The lowest BCUT2D eigenvalue weighted by Gasteiger charge is -2.12. The predicted octanol–water partition coefficient (Wildman–Crippen LogP) is 0.944. The summed E-state index contributed by atoms with van der Waals surface area (Å²) in [6.45, 7) is 0.214. The Hall–Kier alpha value is -1.03. The number of carboxylic acid groups (broad SMARTS) is 1. The first-order chi connectivity index (χ1) is 4.30. The van der Waals surface area contributed by atoms with E-state index in [9.17, 15) is 4.79 Å². The van der Waals surface area contributed by atoms with E-state index in [4.69, 9.17) is 5.11 Å². The first-order valence-corrected chi connectivity index (χ1v) is 2.47. The standard InChI is InChI=1S/C5H6N2O2.ClH/c8-5(9)7-3-1-2-6-4-7;/h1-3H,4H2,(H,8,9);1H. The number of hydrogen-bond acceptors (Lipinski definition) is 2. The van der Waals surface area contributed by atoms with Crippen molar-refractivity contribution in [1.82, 2.24) is 4.90 Å². The predicted molar refractivity (Wildman–Crippen MR) is 39.6 cm³/mol. The number of nitrogens with zero attached hydrogens (tertiary/aromatic N) is 2. The van der Waals surface area contributed by atoms with E-state index in [2.05, 4.69) is 4.99 Å². The van der Waals surface area contributed by atoms with Crippen LogP contribution in [0.2, 0.25) is 0 Å². The molecule has 0 aliphatic carbocycles. The van der Waals surface area contributed by atoms with Crippen LogP contribution >= 0.6 is 12.4 Å². The molecule has 0 saturated carbocycles. The lowest BCUT2D eigenvalue weighted by atomic mass is 10.5. The summed E-state index contributed by atoms with van der Waals surface area (Å²) in [6, 6.07) is 0. The van der Waals surface area contributed by atoms with Gasteiger partial charge in [0.15, 0.2) is 0 Å². The molecule has 0 fully saturated rings. The Morgan fingerprint density at radius 3 is 2.70 bits per heavy atom. The van der Waals surface area contributed by atoms with Gasteiger partial charge >= 0.3 is 6.09 Å². The molecule has 5 heteroatoms. The smallest absolute Gasteiger partial charge is 0.412 e. The van der Waals surface area contributed by atoms with Gasteiger partial charge in [-0.3, -0.25) is 9.89 Å². The zero-order valence-electron chi connectivity index (χ0n) is 5.10. The van der Waals surface area contributed by atoms with Gasteiger partial charge in [0.25, 0.3) is 0 Å². The van der Waals surface area contributed by atoms with E-state index < -0.39 is 6.09 Å². The molecule has 0 atom stereocenters. The minimum atomic E-state index is -0.969. The Labute approximate surface area is 64.3 Å². The fraction of sp³-hybridized carbons (Fsp3) is 0.200. The zero-order chi connectivity index (χ0) is 6.69. The highest BCUT2D eigenvalue weighted by Crippen LogP contribution is 1.94. The third-order valence-corrected chi connectivity index (χ3v) is 0.937. The van der Waals surface area contributed by atoms with Gasteiger partial charge < -0.3 is 5.11 Å². The molecule has 0 bridgehead atoms. The Bertz CT molecular complexity index is 178. The van der Waals surface area contributed by atoms with Crippen LogP contribution < -0.4 is 0 Å². The number of amides is 1. The summed E-state index contributed by atoms with van der Waals surface area (Å²) >= 11 is 0. The van der Waals surface area contributed by atoms with Crippen LogP contribution in [0.1, 0.15) is 0 Å². The van der Waals surface area contributed by atoms with Crippen molar-refractivity contribution in [1.29, 1.82) is 0 Å². The number of carbonyl (C=O) groups is 1. The molecule has 10 heavy (non-hydrogen) atoms. The monoisotopic (exact) mass is 162 g/mol. The van der Waals surface area contributed by atoms with Crippen molar-refractivity contribution < 1.29 is 9.90 Å². The minimum Gasteiger partial charge on any atom is -0.465 e. The van der Waals surface area contributed by atoms with Crippen LogP contribution in [0.4, 0.5) is 4.79 Å². The average molecular weight is 163 g/mol. The molecule has 0 aromatic carbocycles. The van der Waals surface area contributed by atoms with Gasteiger partial charge in [-0.05, 0) is 6.08 Å². The van der Waals surface area contributed by atoms with E-state index in [0.29, 0.717) is 0 Å². The Morgan fingerprint density at radius 1 is 1.70 bits per heavy atom. The van der Waals surface area contributed by atoms with Gasteiger partial charge in [0.2, 0.25) is 0 Å². The van der Waals surface area contributed by atoms with E-state index in [1.165, 1.54) is 6.20 Å². The molecular formula is C5H7ClN2O2. The van der Waals surface area contributed by atoms with Gasteiger partial charge in [-0.25, -0.2) is 4.79 Å². The minimum absolute atomic E-state index is 0. The van der Waals surface area contributed by atoms with E-state index in [1.54, 1.807) is 12.3 Å². The van der Waals surface area contributed by atoms with Crippen LogP contribution in [0, 0.1) is 0 Å². The normalized spacial score (nSPS) is 14.6. The van der Waals surface area contributed by atoms with E-state index in [1.807, 2.05) is 0 Å². The highest BCUT2D eigenvalue weighted by atomic mass is 35.5. The number of allylic oxidation sites excluding steroid dienone is 1. The highest BCUT2D eigenvalue weighted by molar-refractivity contribution is 5.85. The van der Waals surface area contributed by atoms with Crippen molar-refractivity contribution in [2.45, 2.75) is 0 Å². The number of aliphatic imine (C=N–C) groups is 1. The highest BCUT2D eigenvalue weighted by Gasteiger charge is 2.06. The average Bonchev–Trinajstić information content (AvgIpc) is 1.90. The molecule has 0 aromatic rings. The maximum atomic E-state index is 10.2. The second-order valence-corrected chi connectivity index (χ2v) is 1.57. The van der Waals surface area contributed by atoms with E-state index >= 15 is 0 Å². The fourth-order valence-corrected chi connectivity index (χ4v) is 0.510. The first kappa shape index (κ1) is 8.97. The van der Waals surface area contributed by atoms with Crippen LogP contribution in [0.25, 0.3) is 0 Å². The quantitative estimate of drug-likeness (QED) is 0.577. The molecule has 1 amide bonds. The first-order valence-electron chi connectivity index (χ1n) is 2.47. The number of hydrogen-bond donors (Lipinski definition) is 1. The lowest BCUT2D eigenvalue weighted by molar-refractivity contribution is 0.164. The molecule has 1 rings (SSSR count). The third kappa shape index (κ3) is 2.06. The maximum Gasteiger partial charge on any atom is 0.412 e. The Morgan fingerprint density at radius 2 is 2.40 bits per heavy atom. The molecule has 1 aliphatic heterocycles. The van der Waals surface area contributed by atoms with Crippen molar-refractivity contribution in [2.75, 3.05) is 6.67 Å². The fourth-order valence-electron chi connectivity index (χ4n) is 0.510. The molecular weight excluding hydrogens is 156 g/mol. The van der Waals surface area contributed by atoms with Crippen LogP contribution in [0.5, 0.6) is 0 Å². The van der Waals surface area contributed by atoms with Crippen LogP contribution in [-0.4, -0.2) is 29.0 Å². The molecule has 0 spiro atoms. The second kappa shape index (κ2) is 3.90. The van der Waals surface area contributed by atoms with Crippen molar-refractivity contribution in [2.24, 2.45) is 4.99 Å². The van der Waals surface area contributed by atoms with Crippen LogP contribution in [0.15, 0.2) is 17.3 Å². The summed E-state index contributed by atoms with van der Waals surface area (Å²) in [5.41, 5.74) is 0. The summed E-state index contributed by atoms with van der Waals surface area (Å²) in [6.07, 6.45) is 3.65. The van der Waals surface area contributed by atoms with Crippen LogP contribution in [-0.2, 0) is 0 Å². The van der Waals surface area contributed by atoms with Gasteiger partial charge in [0.1, 0.15) is 6.67 Å². The largest absolute Gasteiger partial charge is 0.465 e. The second-order valence-electron chi connectivity index (χ2n) is 1.57. The summed E-state index contributed by atoms with van der Waals surface area (Å²) in [5.74, 6) is 0. The molecule has 1 aliphatic rings. The molecule has 56 valence electrons. The molecule has 1 heterocycles. The SMILES string of the molecule is Cl.O=C(O)N1C=CC=NC1. The third-order valence-electron chi connectivity index (χ3n) is 0.937. The van der Waals surface area contributed by atoms with Gasteiger partial charge in [-0.1, -0.05) is 0 Å².